The molecule has 4 fully saturated rings. The third-order valence-electron chi connectivity index (χ3n) is 11.7. The lowest BCUT2D eigenvalue weighted by Crippen LogP contribution is -2.54. The maximum Gasteiger partial charge on any atom is 0.107 e. The van der Waals surface area contributed by atoms with E-state index in [4.69, 9.17) is 4.98 Å². The van der Waals surface area contributed by atoms with Crippen molar-refractivity contribution in [3.05, 3.63) is 30.1 Å². The van der Waals surface area contributed by atoms with E-state index in [0.29, 0.717) is 10.8 Å². The fraction of sp³-hybridized carbons (Fsp3) is 0.767. The van der Waals surface area contributed by atoms with Gasteiger partial charge in [0.2, 0.25) is 0 Å². The molecule has 6 rings (SSSR count). The van der Waals surface area contributed by atoms with Crippen LogP contribution >= 0.6 is 0 Å². The van der Waals surface area contributed by atoms with Crippen LogP contribution in [0.2, 0.25) is 0 Å². The highest BCUT2D eigenvalue weighted by molar-refractivity contribution is 5.74. The minimum absolute atomic E-state index is 0.0306. The summed E-state index contributed by atoms with van der Waals surface area (Å²) in [5.74, 6) is 6.34. The Morgan fingerprint density at radius 3 is 2.64 bits per heavy atom. The van der Waals surface area contributed by atoms with Gasteiger partial charge in [-0.05, 0) is 123 Å². The Labute approximate surface area is 200 Å². The molecule has 2 aromatic rings. The van der Waals surface area contributed by atoms with E-state index >= 15 is 0 Å². The highest BCUT2D eigenvalue weighted by Gasteiger charge is 2.60. The molecule has 4 aliphatic rings. The molecule has 6 unspecified atom stereocenters. The maximum atomic E-state index is 10.3. The summed E-state index contributed by atoms with van der Waals surface area (Å²) in [6.45, 7) is 7.83. The van der Waals surface area contributed by atoms with Crippen molar-refractivity contribution in [1.29, 1.82) is 0 Å². The number of nitrogens with one attached hydrogen (secondary N) is 1. The van der Waals surface area contributed by atoms with Crippen molar-refractivity contribution in [3.8, 4) is 0 Å². The van der Waals surface area contributed by atoms with E-state index in [1.54, 1.807) is 0 Å². The number of para-hydroxylation sites is 2. The first kappa shape index (κ1) is 22.1. The normalized spacial score (nSPS) is 43.6. The quantitative estimate of drug-likeness (QED) is 0.522. The second-order valence-electron chi connectivity index (χ2n) is 13.0. The van der Waals surface area contributed by atoms with Gasteiger partial charge in [0.1, 0.15) is 5.82 Å². The molecule has 3 heteroatoms. The van der Waals surface area contributed by atoms with Gasteiger partial charge in [0.05, 0.1) is 17.1 Å². The van der Waals surface area contributed by atoms with Gasteiger partial charge in [0.15, 0.2) is 0 Å². The van der Waals surface area contributed by atoms with Crippen molar-refractivity contribution >= 4 is 11.0 Å². The molecule has 0 radical (unpaired) electrons. The van der Waals surface area contributed by atoms with Crippen molar-refractivity contribution in [1.82, 2.24) is 9.97 Å². The van der Waals surface area contributed by atoms with Gasteiger partial charge in [0, 0.05) is 6.42 Å². The summed E-state index contributed by atoms with van der Waals surface area (Å²) in [6, 6.07) is 8.42. The number of hydrogen-bond acceptors (Lipinski definition) is 2. The molecule has 0 spiro atoms. The summed E-state index contributed by atoms with van der Waals surface area (Å²) in [6.07, 6.45) is 14.2. The monoisotopic (exact) mass is 448 g/mol. The van der Waals surface area contributed by atoms with Crippen LogP contribution < -0.4 is 0 Å². The number of nitrogens with zero attached hydrogens (tertiary/aromatic N) is 1. The molecule has 4 aliphatic carbocycles. The lowest BCUT2D eigenvalue weighted by molar-refractivity contribution is -0.129. The largest absolute Gasteiger partial charge is 0.393 e. The topological polar surface area (TPSA) is 48.9 Å². The Hall–Kier alpha value is -1.35. The van der Waals surface area contributed by atoms with Gasteiger partial charge in [-0.1, -0.05) is 32.9 Å². The van der Waals surface area contributed by atoms with Crippen LogP contribution in [0.25, 0.3) is 11.0 Å². The average molecular weight is 449 g/mol. The molecule has 33 heavy (non-hydrogen) atoms. The number of aliphatic hydroxyl groups is 1. The molecule has 1 aromatic heterocycles. The summed E-state index contributed by atoms with van der Waals surface area (Å²) in [5, 5.41) is 10.3. The van der Waals surface area contributed by atoms with Crippen LogP contribution in [0.3, 0.4) is 0 Å². The summed E-state index contributed by atoms with van der Waals surface area (Å²) >= 11 is 0. The Morgan fingerprint density at radius 1 is 1.00 bits per heavy atom. The van der Waals surface area contributed by atoms with Gasteiger partial charge < -0.3 is 10.1 Å². The standard InChI is InChI=1S/C30H44N2O/c1-19(8-13-28-31-26-6-4-5-7-27(26)32-28)23-11-12-24-22-10-9-20-18-21(33)14-16-29(20,2)25(22)15-17-30(23,24)3/h4-7,19-25,33H,8-18H2,1-3H3,(H,31,32)/t19-,20?,21-,22?,23-,24?,25?,29?,30?/m1/s1. The first-order valence-electron chi connectivity index (χ1n) is 14.0. The van der Waals surface area contributed by atoms with Crippen LogP contribution in [-0.2, 0) is 6.42 Å². The van der Waals surface area contributed by atoms with E-state index in [-0.39, 0.29) is 6.10 Å². The fourth-order valence-corrected chi connectivity index (χ4v) is 9.90. The molecule has 3 nitrogen and oxygen atoms in total. The SMILES string of the molecule is C[C@H](CCc1nc2ccccc2[nH]1)[C@H]1CCC2C3CCC4C[C@H](O)CCC4(C)C3CCC21C. The number of H-pyrrole nitrogens is 1. The number of imidazole rings is 1. The molecular weight excluding hydrogens is 404 g/mol. The van der Waals surface area contributed by atoms with Crippen molar-refractivity contribution in [2.45, 2.75) is 97.5 Å². The Bertz CT molecular complexity index is 965. The summed E-state index contributed by atoms with van der Waals surface area (Å²) < 4.78 is 0. The third-order valence-corrected chi connectivity index (χ3v) is 11.7. The van der Waals surface area contributed by atoms with Crippen LogP contribution in [-0.4, -0.2) is 21.2 Å². The second kappa shape index (κ2) is 8.11. The van der Waals surface area contributed by atoms with Crippen LogP contribution in [0.1, 0.15) is 90.8 Å². The second-order valence-corrected chi connectivity index (χ2v) is 13.0. The van der Waals surface area contributed by atoms with Gasteiger partial charge in [-0.3, -0.25) is 0 Å². The van der Waals surface area contributed by atoms with Crippen molar-refractivity contribution in [3.63, 3.8) is 0 Å². The molecule has 9 atom stereocenters. The molecule has 0 bridgehead atoms. The van der Waals surface area contributed by atoms with Gasteiger partial charge in [0.25, 0.3) is 0 Å². The number of hydrogen-bond donors (Lipinski definition) is 2. The molecule has 0 aliphatic heterocycles. The average Bonchev–Trinajstić information content (AvgIpc) is 3.38. The van der Waals surface area contributed by atoms with Crippen LogP contribution in [0.4, 0.5) is 0 Å². The van der Waals surface area contributed by atoms with E-state index < -0.39 is 0 Å². The van der Waals surface area contributed by atoms with Gasteiger partial charge >= 0.3 is 0 Å². The molecule has 1 aromatic carbocycles. The van der Waals surface area contributed by atoms with E-state index in [0.717, 1.165) is 66.1 Å². The molecule has 4 saturated carbocycles. The first-order valence-corrected chi connectivity index (χ1v) is 14.0. The zero-order chi connectivity index (χ0) is 22.8. The van der Waals surface area contributed by atoms with Crippen LogP contribution in [0, 0.1) is 46.3 Å². The minimum Gasteiger partial charge on any atom is -0.393 e. The maximum absolute atomic E-state index is 10.3. The van der Waals surface area contributed by atoms with E-state index in [1.807, 2.05) is 0 Å². The number of fused-ring (bicyclic) bond motifs is 6. The lowest BCUT2D eigenvalue weighted by Gasteiger charge is -2.61. The van der Waals surface area contributed by atoms with Gasteiger partial charge in [-0.2, -0.15) is 0 Å². The minimum atomic E-state index is -0.0306. The zero-order valence-electron chi connectivity index (χ0n) is 21.0. The number of aromatic nitrogens is 2. The highest BCUT2D eigenvalue weighted by Crippen LogP contribution is 2.68. The lowest BCUT2D eigenvalue weighted by atomic mass is 9.44. The number of benzene rings is 1. The van der Waals surface area contributed by atoms with E-state index in [2.05, 4.69) is 50.0 Å². The molecule has 2 N–H and O–H groups in total. The van der Waals surface area contributed by atoms with Crippen molar-refractivity contribution in [2.75, 3.05) is 0 Å². The molecule has 0 saturated heterocycles. The van der Waals surface area contributed by atoms with E-state index in [1.165, 1.54) is 56.9 Å². The van der Waals surface area contributed by atoms with Crippen molar-refractivity contribution < 1.29 is 5.11 Å². The molecule has 180 valence electrons. The number of rotatable bonds is 4. The fourth-order valence-electron chi connectivity index (χ4n) is 9.90. The Balaban J connectivity index is 1.15. The Kier molecular flexibility index (Phi) is 5.44. The predicted molar refractivity (Wildman–Crippen MR) is 135 cm³/mol. The summed E-state index contributed by atoms with van der Waals surface area (Å²) in [4.78, 5) is 8.39. The smallest absolute Gasteiger partial charge is 0.107 e. The first-order chi connectivity index (χ1) is 15.9. The Morgan fingerprint density at radius 2 is 1.79 bits per heavy atom. The third kappa shape index (κ3) is 3.51. The number of aryl methyl sites for hydroxylation is 1. The highest BCUT2D eigenvalue weighted by atomic mass is 16.3. The zero-order valence-corrected chi connectivity index (χ0v) is 21.0. The van der Waals surface area contributed by atoms with E-state index in [9.17, 15) is 5.11 Å². The number of aliphatic hydroxyl groups excluding tert-OH is 1. The van der Waals surface area contributed by atoms with Gasteiger partial charge in [-0.25, -0.2) is 4.98 Å². The molecule has 0 amide bonds. The molecule has 1 heterocycles. The number of aromatic amines is 1. The van der Waals surface area contributed by atoms with Crippen molar-refractivity contribution in [2.24, 2.45) is 46.3 Å². The van der Waals surface area contributed by atoms with Gasteiger partial charge in [-0.15, -0.1) is 0 Å². The summed E-state index contributed by atoms with van der Waals surface area (Å²) in [5.41, 5.74) is 3.30. The predicted octanol–water partition coefficient (Wildman–Crippen LogP) is 7.15. The van der Waals surface area contributed by atoms with Crippen LogP contribution in [0.5, 0.6) is 0 Å². The summed E-state index contributed by atoms with van der Waals surface area (Å²) in [7, 11) is 0. The van der Waals surface area contributed by atoms with Crippen LogP contribution in [0.15, 0.2) is 24.3 Å². The molecular formula is C30H44N2O.